The molecule has 86 valence electrons. The second-order valence-corrected chi connectivity index (χ2v) is 3.80. The van der Waals surface area contributed by atoms with E-state index in [0.29, 0.717) is 0 Å². The summed E-state index contributed by atoms with van der Waals surface area (Å²) in [6, 6.07) is 5.85. The zero-order valence-corrected chi connectivity index (χ0v) is 9.03. The van der Waals surface area contributed by atoms with Gasteiger partial charge in [-0.05, 0) is 25.0 Å². The van der Waals surface area contributed by atoms with E-state index in [1.807, 2.05) is 18.2 Å². The molecule has 0 spiro atoms. The quantitative estimate of drug-likeness (QED) is 0.815. The Balaban J connectivity index is 2.05. The summed E-state index contributed by atoms with van der Waals surface area (Å²) in [6.07, 6.45) is 2.12. The van der Waals surface area contributed by atoms with E-state index in [9.17, 15) is 4.79 Å². The standard InChI is InChI=1S/C12H15NO3/c14-12(15)6-8-16-11-5-1-4-10-9(11)3-2-7-13-10/h1,4-5,13H,2-3,6-8H2,(H,14,15). The Morgan fingerprint density at radius 1 is 1.50 bits per heavy atom. The highest BCUT2D eigenvalue weighted by molar-refractivity contribution is 5.66. The molecule has 1 aliphatic rings. The number of fused-ring (bicyclic) bond motifs is 1. The van der Waals surface area contributed by atoms with Crippen molar-refractivity contribution in [2.24, 2.45) is 0 Å². The van der Waals surface area contributed by atoms with Crippen molar-refractivity contribution in [1.82, 2.24) is 0 Å². The molecule has 2 N–H and O–H groups in total. The van der Waals surface area contributed by atoms with Gasteiger partial charge >= 0.3 is 5.97 Å². The molecule has 0 aromatic heterocycles. The highest BCUT2D eigenvalue weighted by atomic mass is 16.5. The number of carboxylic acids is 1. The van der Waals surface area contributed by atoms with Gasteiger partial charge in [0, 0.05) is 17.8 Å². The van der Waals surface area contributed by atoms with E-state index in [0.717, 1.165) is 30.8 Å². The molecular weight excluding hydrogens is 206 g/mol. The van der Waals surface area contributed by atoms with E-state index in [2.05, 4.69) is 5.32 Å². The van der Waals surface area contributed by atoms with E-state index in [1.165, 1.54) is 5.56 Å². The van der Waals surface area contributed by atoms with Gasteiger partial charge in [-0.2, -0.15) is 0 Å². The monoisotopic (exact) mass is 221 g/mol. The van der Waals surface area contributed by atoms with Gasteiger partial charge < -0.3 is 15.2 Å². The van der Waals surface area contributed by atoms with Gasteiger partial charge in [0.15, 0.2) is 0 Å². The summed E-state index contributed by atoms with van der Waals surface area (Å²) in [6.45, 7) is 1.22. The molecule has 0 fully saturated rings. The molecule has 1 aromatic rings. The minimum Gasteiger partial charge on any atom is -0.493 e. The van der Waals surface area contributed by atoms with Gasteiger partial charge in [-0.1, -0.05) is 6.07 Å². The van der Waals surface area contributed by atoms with Crippen LogP contribution in [0.3, 0.4) is 0 Å². The normalized spacial score (nSPS) is 13.8. The molecule has 4 nitrogen and oxygen atoms in total. The summed E-state index contributed by atoms with van der Waals surface area (Å²) < 4.78 is 5.49. The van der Waals surface area contributed by atoms with Crippen molar-refractivity contribution < 1.29 is 14.6 Å². The Labute approximate surface area is 94.2 Å². The lowest BCUT2D eigenvalue weighted by Gasteiger charge is -2.20. The summed E-state index contributed by atoms with van der Waals surface area (Å²) in [7, 11) is 0. The van der Waals surface area contributed by atoms with Crippen LogP contribution in [0.15, 0.2) is 18.2 Å². The van der Waals surface area contributed by atoms with Crippen LogP contribution >= 0.6 is 0 Å². The van der Waals surface area contributed by atoms with Gasteiger partial charge in [-0.3, -0.25) is 4.79 Å². The molecule has 16 heavy (non-hydrogen) atoms. The summed E-state index contributed by atoms with van der Waals surface area (Å²) in [4.78, 5) is 10.4. The molecular formula is C12H15NO3. The molecule has 1 heterocycles. The first-order valence-electron chi connectivity index (χ1n) is 5.48. The van der Waals surface area contributed by atoms with Crippen molar-refractivity contribution in [3.63, 3.8) is 0 Å². The smallest absolute Gasteiger partial charge is 0.306 e. The zero-order chi connectivity index (χ0) is 11.4. The molecule has 0 saturated heterocycles. The first kappa shape index (κ1) is 10.8. The number of carbonyl (C=O) groups is 1. The molecule has 0 aliphatic carbocycles. The summed E-state index contributed by atoms with van der Waals surface area (Å²) >= 11 is 0. The van der Waals surface area contributed by atoms with Crippen LogP contribution in [-0.4, -0.2) is 24.2 Å². The van der Waals surface area contributed by atoms with Crippen molar-refractivity contribution in [2.75, 3.05) is 18.5 Å². The average molecular weight is 221 g/mol. The van der Waals surface area contributed by atoms with E-state index in [1.54, 1.807) is 0 Å². The van der Waals surface area contributed by atoms with E-state index in [4.69, 9.17) is 9.84 Å². The van der Waals surface area contributed by atoms with Gasteiger partial charge in [0.1, 0.15) is 5.75 Å². The Morgan fingerprint density at radius 3 is 3.19 bits per heavy atom. The van der Waals surface area contributed by atoms with Gasteiger partial charge in [-0.15, -0.1) is 0 Å². The van der Waals surface area contributed by atoms with Gasteiger partial charge in [0.2, 0.25) is 0 Å². The Kier molecular flexibility index (Phi) is 3.29. The number of nitrogens with one attached hydrogen (secondary N) is 1. The van der Waals surface area contributed by atoms with Gasteiger partial charge in [0.05, 0.1) is 13.0 Å². The second kappa shape index (κ2) is 4.88. The summed E-state index contributed by atoms with van der Waals surface area (Å²) in [5.41, 5.74) is 2.28. The Morgan fingerprint density at radius 2 is 2.38 bits per heavy atom. The van der Waals surface area contributed by atoms with Crippen molar-refractivity contribution in [1.29, 1.82) is 0 Å². The van der Waals surface area contributed by atoms with E-state index >= 15 is 0 Å². The molecule has 4 heteroatoms. The largest absolute Gasteiger partial charge is 0.493 e. The summed E-state index contributed by atoms with van der Waals surface area (Å²) in [5.74, 6) is -0.0196. The highest BCUT2D eigenvalue weighted by Gasteiger charge is 2.13. The van der Waals surface area contributed by atoms with Crippen LogP contribution < -0.4 is 10.1 Å². The fourth-order valence-corrected chi connectivity index (χ4v) is 1.86. The maximum Gasteiger partial charge on any atom is 0.306 e. The fraction of sp³-hybridized carbons (Fsp3) is 0.417. The number of benzene rings is 1. The Bertz CT molecular complexity index is 390. The lowest BCUT2D eigenvalue weighted by molar-refractivity contribution is -0.137. The zero-order valence-electron chi connectivity index (χ0n) is 9.03. The van der Waals surface area contributed by atoms with Gasteiger partial charge in [0.25, 0.3) is 0 Å². The number of ether oxygens (including phenoxy) is 1. The first-order chi connectivity index (χ1) is 7.77. The lowest BCUT2D eigenvalue weighted by atomic mass is 10.0. The molecule has 1 aliphatic heterocycles. The maximum atomic E-state index is 10.4. The number of carboxylic acid groups (broad SMARTS) is 1. The van der Waals surface area contributed by atoms with Crippen LogP contribution in [0.5, 0.6) is 5.75 Å². The van der Waals surface area contributed by atoms with Crippen molar-refractivity contribution in [3.8, 4) is 5.75 Å². The molecule has 0 atom stereocenters. The third-order valence-electron chi connectivity index (χ3n) is 2.63. The second-order valence-electron chi connectivity index (χ2n) is 3.80. The number of hydrogen-bond donors (Lipinski definition) is 2. The van der Waals surface area contributed by atoms with E-state index < -0.39 is 5.97 Å². The van der Waals surface area contributed by atoms with E-state index in [-0.39, 0.29) is 13.0 Å². The number of rotatable bonds is 4. The average Bonchev–Trinajstić information content (AvgIpc) is 2.29. The number of anilines is 1. The minimum absolute atomic E-state index is 0.0388. The third-order valence-corrected chi connectivity index (χ3v) is 2.63. The molecule has 2 rings (SSSR count). The molecule has 0 unspecified atom stereocenters. The minimum atomic E-state index is -0.831. The fourth-order valence-electron chi connectivity index (χ4n) is 1.86. The van der Waals surface area contributed by atoms with Crippen molar-refractivity contribution in [3.05, 3.63) is 23.8 Å². The van der Waals surface area contributed by atoms with Crippen LogP contribution in [0.1, 0.15) is 18.4 Å². The third kappa shape index (κ3) is 2.45. The maximum absolute atomic E-state index is 10.4. The SMILES string of the molecule is O=C(O)CCOc1cccc2c1CCCN2. The highest BCUT2D eigenvalue weighted by Crippen LogP contribution is 2.30. The predicted molar refractivity (Wildman–Crippen MR) is 61.0 cm³/mol. The van der Waals surface area contributed by atoms with Crippen LogP contribution in [-0.2, 0) is 11.2 Å². The van der Waals surface area contributed by atoms with Crippen LogP contribution in [0.25, 0.3) is 0 Å². The predicted octanol–water partition coefficient (Wildman–Crippen LogP) is 1.90. The lowest BCUT2D eigenvalue weighted by Crippen LogP contribution is -2.13. The van der Waals surface area contributed by atoms with Crippen LogP contribution in [0, 0.1) is 0 Å². The Hall–Kier alpha value is -1.71. The molecule has 0 radical (unpaired) electrons. The molecule has 0 saturated carbocycles. The first-order valence-corrected chi connectivity index (χ1v) is 5.48. The van der Waals surface area contributed by atoms with Crippen molar-refractivity contribution in [2.45, 2.75) is 19.3 Å². The number of aliphatic carboxylic acids is 1. The van der Waals surface area contributed by atoms with Crippen LogP contribution in [0.4, 0.5) is 5.69 Å². The topological polar surface area (TPSA) is 58.6 Å². The van der Waals surface area contributed by atoms with Gasteiger partial charge in [-0.25, -0.2) is 0 Å². The molecule has 1 aromatic carbocycles. The molecule has 0 amide bonds. The molecule has 0 bridgehead atoms. The number of hydrogen-bond acceptors (Lipinski definition) is 3. The summed E-state index contributed by atoms with van der Waals surface area (Å²) in [5, 5.41) is 11.8. The van der Waals surface area contributed by atoms with Crippen molar-refractivity contribution >= 4 is 11.7 Å². The van der Waals surface area contributed by atoms with Crippen LogP contribution in [0.2, 0.25) is 0 Å².